The van der Waals surface area contributed by atoms with Crippen LogP contribution in [-0.4, -0.2) is 28.5 Å². The standard InChI is InChI=1S/C13H17BrN2O2S/c1-13(2)5-6-15(7-8-19-13)11-4-3-10(14)9-12(11)16(17)18/h3-4,9H,5-8H2,1-2H3. The molecule has 0 spiro atoms. The van der Waals surface area contributed by atoms with Crippen LogP contribution in [0.5, 0.6) is 0 Å². The summed E-state index contributed by atoms with van der Waals surface area (Å²) in [4.78, 5) is 13.0. The molecule has 0 radical (unpaired) electrons. The van der Waals surface area contributed by atoms with Crippen LogP contribution < -0.4 is 4.90 Å². The van der Waals surface area contributed by atoms with Crippen LogP contribution in [0.25, 0.3) is 0 Å². The molecule has 2 rings (SSSR count). The van der Waals surface area contributed by atoms with Gasteiger partial charge in [-0.25, -0.2) is 0 Å². The number of hydrogen-bond acceptors (Lipinski definition) is 4. The topological polar surface area (TPSA) is 46.4 Å². The van der Waals surface area contributed by atoms with Crippen molar-refractivity contribution in [2.24, 2.45) is 0 Å². The lowest BCUT2D eigenvalue weighted by molar-refractivity contribution is -0.384. The number of rotatable bonds is 2. The number of thioether (sulfide) groups is 1. The quantitative estimate of drug-likeness (QED) is 0.599. The zero-order valence-corrected chi connectivity index (χ0v) is 13.5. The van der Waals surface area contributed by atoms with Gasteiger partial charge in [-0.2, -0.15) is 11.8 Å². The smallest absolute Gasteiger partial charge is 0.293 e. The third-order valence-electron chi connectivity index (χ3n) is 3.31. The molecule has 1 aliphatic heterocycles. The zero-order chi connectivity index (χ0) is 14.0. The lowest BCUT2D eigenvalue weighted by atomic mass is 10.1. The van der Waals surface area contributed by atoms with Gasteiger partial charge < -0.3 is 4.90 Å². The van der Waals surface area contributed by atoms with E-state index in [-0.39, 0.29) is 15.4 Å². The van der Waals surface area contributed by atoms with Gasteiger partial charge >= 0.3 is 0 Å². The van der Waals surface area contributed by atoms with Crippen LogP contribution in [0.1, 0.15) is 20.3 Å². The van der Waals surface area contributed by atoms with Crippen molar-refractivity contribution in [2.75, 3.05) is 23.7 Å². The van der Waals surface area contributed by atoms with E-state index in [2.05, 4.69) is 34.7 Å². The van der Waals surface area contributed by atoms with Crippen molar-refractivity contribution in [1.29, 1.82) is 0 Å². The summed E-state index contributed by atoms with van der Waals surface area (Å²) in [6, 6.07) is 5.29. The molecule has 0 aliphatic carbocycles. The Balaban J connectivity index is 2.29. The highest BCUT2D eigenvalue weighted by Gasteiger charge is 2.27. The fraction of sp³-hybridized carbons (Fsp3) is 0.538. The van der Waals surface area contributed by atoms with Crippen LogP contribution in [0, 0.1) is 10.1 Å². The van der Waals surface area contributed by atoms with E-state index in [9.17, 15) is 10.1 Å². The van der Waals surface area contributed by atoms with Crippen LogP contribution in [0.15, 0.2) is 22.7 Å². The van der Waals surface area contributed by atoms with Crippen molar-refractivity contribution in [1.82, 2.24) is 0 Å². The van der Waals surface area contributed by atoms with Gasteiger partial charge in [0.05, 0.1) is 4.92 Å². The predicted molar refractivity (Wildman–Crippen MR) is 84.2 cm³/mol. The minimum atomic E-state index is -0.302. The molecule has 6 heteroatoms. The molecule has 0 atom stereocenters. The summed E-state index contributed by atoms with van der Waals surface area (Å²) >= 11 is 5.23. The first-order valence-electron chi connectivity index (χ1n) is 6.22. The normalized spacial score (nSPS) is 19.0. The second kappa shape index (κ2) is 5.71. The van der Waals surface area contributed by atoms with Gasteiger partial charge in [0.25, 0.3) is 5.69 Å². The first-order valence-corrected chi connectivity index (χ1v) is 8.00. The lowest BCUT2D eigenvalue weighted by Gasteiger charge is -2.24. The Bertz CT molecular complexity index is 494. The Hall–Kier alpha value is -0.750. The third kappa shape index (κ3) is 3.63. The number of halogens is 1. The van der Waals surface area contributed by atoms with Crippen LogP contribution in [0.4, 0.5) is 11.4 Å². The van der Waals surface area contributed by atoms with Crippen molar-refractivity contribution >= 4 is 39.1 Å². The molecule has 1 fully saturated rings. The fourth-order valence-corrected chi connectivity index (χ4v) is 3.62. The second-order valence-corrected chi connectivity index (χ2v) is 7.95. The molecule has 1 aromatic rings. The highest BCUT2D eigenvalue weighted by Crippen LogP contribution is 2.36. The maximum Gasteiger partial charge on any atom is 0.293 e. The minimum Gasteiger partial charge on any atom is -0.365 e. The van der Waals surface area contributed by atoms with Crippen molar-refractivity contribution < 1.29 is 4.92 Å². The molecule has 0 N–H and O–H groups in total. The van der Waals surface area contributed by atoms with Crippen LogP contribution in [0.3, 0.4) is 0 Å². The number of nitro benzene ring substituents is 1. The Kier molecular flexibility index (Phi) is 4.40. The van der Waals surface area contributed by atoms with Crippen molar-refractivity contribution in [2.45, 2.75) is 25.0 Å². The summed E-state index contributed by atoms with van der Waals surface area (Å²) < 4.78 is 0.992. The molecule has 0 saturated carbocycles. The molecule has 0 aromatic heterocycles. The van der Waals surface area contributed by atoms with Gasteiger partial charge in [0.15, 0.2) is 0 Å². The maximum atomic E-state index is 11.2. The largest absolute Gasteiger partial charge is 0.365 e. The van der Waals surface area contributed by atoms with Crippen LogP contribution >= 0.6 is 27.7 Å². The molecule has 0 amide bonds. The molecular formula is C13H17BrN2O2S. The van der Waals surface area contributed by atoms with E-state index in [4.69, 9.17) is 0 Å². The molecular weight excluding hydrogens is 328 g/mol. The summed E-state index contributed by atoms with van der Waals surface area (Å²) in [6.45, 7) is 6.19. The summed E-state index contributed by atoms with van der Waals surface area (Å²) in [5.41, 5.74) is 0.908. The van der Waals surface area contributed by atoms with E-state index in [1.54, 1.807) is 6.07 Å². The summed E-state index contributed by atoms with van der Waals surface area (Å²) in [5.74, 6) is 1.00. The first kappa shape index (κ1) is 14.7. The average molecular weight is 345 g/mol. The van der Waals surface area contributed by atoms with E-state index in [1.165, 1.54) is 0 Å². The minimum absolute atomic E-state index is 0.180. The SMILES string of the molecule is CC1(C)CCN(c2ccc(Br)cc2[N+](=O)[O-])CCS1. The maximum absolute atomic E-state index is 11.2. The monoisotopic (exact) mass is 344 g/mol. The average Bonchev–Trinajstić information content (AvgIpc) is 2.50. The Morgan fingerprint density at radius 1 is 1.42 bits per heavy atom. The van der Waals surface area contributed by atoms with Crippen LogP contribution in [-0.2, 0) is 0 Å². The number of anilines is 1. The van der Waals surface area contributed by atoms with Crippen molar-refractivity contribution in [3.8, 4) is 0 Å². The molecule has 104 valence electrons. The predicted octanol–water partition coefficient (Wildman–Crippen LogP) is 4.08. The first-order chi connectivity index (χ1) is 8.89. The van der Waals surface area contributed by atoms with E-state index < -0.39 is 0 Å². The van der Waals surface area contributed by atoms with Gasteiger partial charge in [0, 0.05) is 34.1 Å². The van der Waals surface area contributed by atoms with Crippen molar-refractivity contribution in [3.63, 3.8) is 0 Å². The lowest BCUT2D eigenvalue weighted by Crippen LogP contribution is -2.27. The molecule has 4 nitrogen and oxygen atoms in total. The zero-order valence-electron chi connectivity index (χ0n) is 11.1. The molecule has 1 aliphatic rings. The Morgan fingerprint density at radius 3 is 2.84 bits per heavy atom. The molecule has 19 heavy (non-hydrogen) atoms. The summed E-state index contributed by atoms with van der Waals surface area (Å²) in [7, 11) is 0. The van der Waals surface area contributed by atoms with Crippen LogP contribution in [0.2, 0.25) is 0 Å². The fourth-order valence-electron chi connectivity index (χ4n) is 2.17. The van der Waals surface area contributed by atoms with E-state index in [0.29, 0.717) is 0 Å². The highest BCUT2D eigenvalue weighted by atomic mass is 79.9. The van der Waals surface area contributed by atoms with Gasteiger partial charge in [-0.15, -0.1) is 0 Å². The van der Waals surface area contributed by atoms with Gasteiger partial charge in [0.1, 0.15) is 5.69 Å². The molecule has 1 saturated heterocycles. The van der Waals surface area contributed by atoms with Gasteiger partial charge in [0.2, 0.25) is 0 Å². The van der Waals surface area contributed by atoms with Gasteiger partial charge in [-0.05, 0) is 18.6 Å². The number of nitrogens with zero attached hydrogens (tertiary/aromatic N) is 2. The van der Waals surface area contributed by atoms with E-state index in [0.717, 1.165) is 35.4 Å². The third-order valence-corrected chi connectivity index (χ3v) is 5.18. The number of benzene rings is 1. The molecule has 0 unspecified atom stereocenters. The highest BCUT2D eigenvalue weighted by molar-refractivity contribution is 9.10. The van der Waals surface area contributed by atoms with Crippen molar-refractivity contribution in [3.05, 3.63) is 32.8 Å². The molecule has 1 heterocycles. The summed E-state index contributed by atoms with van der Waals surface area (Å²) in [6.07, 6.45) is 1.03. The van der Waals surface area contributed by atoms with E-state index >= 15 is 0 Å². The number of hydrogen-bond donors (Lipinski definition) is 0. The Labute approximate surface area is 125 Å². The molecule has 0 bridgehead atoms. The Morgan fingerprint density at radius 2 is 2.16 bits per heavy atom. The number of nitro groups is 1. The summed E-state index contributed by atoms with van der Waals surface area (Å²) in [5, 5.41) is 11.2. The second-order valence-electron chi connectivity index (χ2n) is 5.24. The van der Waals surface area contributed by atoms with E-state index in [1.807, 2.05) is 23.9 Å². The van der Waals surface area contributed by atoms with Gasteiger partial charge in [-0.3, -0.25) is 10.1 Å². The molecule has 1 aromatic carbocycles. The van der Waals surface area contributed by atoms with Gasteiger partial charge in [-0.1, -0.05) is 29.8 Å².